The number of alkyl halides is 1. The molecule has 2 N–H and O–H groups in total. The van der Waals surface area contributed by atoms with Crippen LogP contribution in [-0.4, -0.2) is 6.67 Å². The molecule has 1 aromatic carbocycles. The highest BCUT2D eigenvalue weighted by molar-refractivity contribution is 5.24. The Kier molecular flexibility index (Phi) is 3.23. The summed E-state index contributed by atoms with van der Waals surface area (Å²) in [5, 5.41) is 0. The Hall–Kier alpha value is -0.890. The number of rotatable bonds is 3. The molecule has 0 amide bonds. The Morgan fingerprint density at radius 2 is 1.92 bits per heavy atom. The maximum absolute atomic E-state index is 11.9. The van der Waals surface area contributed by atoms with E-state index in [0.717, 1.165) is 11.1 Å². The van der Waals surface area contributed by atoms with Crippen LogP contribution in [0.25, 0.3) is 0 Å². The van der Waals surface area contributed by atoms with Gasteiger partial charge in [-0.05, 0) is 18.1 Å². The van der Waals surface area contributed by atoms with Gasteiger partial charge in [0.2, 0.25) is 0 Å². The predicted molar refractivity (Wildman–Crippen MR) is 48.7 cm³/mol. The van der Waals surface area contributed by atoms with E-state index in [-0.39, 0.29) is 12.7 Å². The summed E-state index contributed by atoms with van der Waals surface area (Å²) in [5.74, 6) is 0. The Labute approximate surface area is 72.4 Å². The van der Waals surface area contributed by atoms with Crippen LogP contribution in [0.5, 0.6) is 0 Å². The molecule has 0 fully saturated rings. The third-order valence-corrected chi connectivity index (χ3v) is 1.89. The van der Waals surface area contributed by atoms with Crippen molar-refractivity contribution in [3.05, 3.63) is 35.4 Å². The average molecular weight is 167 g/mol. The molecule has 1 aromatic rings. The van der Waals surface area contributed by atoms with Gasteiger partial charge in [0.15, 0.2) is 0 Å². The van der Waals surface area contributed by atoms with Crippen molar-refractivity contribution in [1.29, 1.82) is 0 Å². The second kappa shape index (κ2) is 4.21. The minimum absolute atomic E-state index is 0.0597. The van der Waals surface area contributed by atoms with Crippen molar-refractivity contribution in [3.8, 4) is 0 Å². The van der Waals surface area contributed by atoms with Crippen molar-refractivity contribution in [1.82, 2.24) is 0 Å². The average Bonchev–Trinajstić information content (AvgIpc) is 2.06. The Morgan fingerprint density at radius 3 is 2.33 bits per heavy atom. The zero-order chi connectivity index (χ0) is 8.97. The van der Waals surface area contributed by atoms with Crippen LogP contribution in [0.15, 0.2) is 24.3 Å². The topological polar surface area (TPSA) is 26.0 Å². The Bertz CT molecular complexity index is 228. The van der Waals surface area contributed by atoms with Crippen LogP contribution in [0, 0.1) is 0 Å². The molecule has 12 heavy (non-hydrogen) atoms. The Morgan fingerprint density at radius 1 is 1.33 bits per heavy atom. The molecule has 0 radical (unpaired) electrons. The highest BCUT2D eigenvalue weighted by Crippen LogP contribution is 2.10. The molecule has 0 aliphatic rings. The highest BCUT2D eigenvalue weighted by atomic mass is 19.1. The molecule has 0 aliphatic carbocycles. The first-order valence-corrected chi connectivity index (χ1v) is 4.14. The molecule has 0 saturated carbocycles. The molecule has 1 unspecified atom stereocenters. The summed E-state index contributed by atoms with van der Waals surface area (Å²) in [6.07, 6.45) is 0.499. The van der Waals surface area contributed by atoms with Gasteiger partial charge in [0.25, 0.3) is 0 Å². The molecule has 0 saturated heterocycles. The summed E-state index contributed by atoms with van der Waals surface area (Å²) in [4.78, 5) is 0. The second-order valence-electron chi connectivity index (χ2n) is 2.97. The normalized spacial score (nSPS) is 12.9. The van der Waals surface area contributed by atoms with E-state index in [2.05, 4.69) is 0 Å². The molecule has 0 aromatic heterocycles. The summed E-state index contributed by atoms with van der Waals surface area (Å²) in [6.45, 7) is 1.64. The number of nitrogens with two attached hydrogens (primary N) is 1. The van der Waals surface area contributed by atoms with Gasteiger partial charge in [0, 0.05) is 12.5 Å². The van der Waals surface area contributed by atoms with Crippen LogP contribution < -0.4 is 5.73 Å². The predicted octanol–water partition coefficient (Wildman–Crippen LogP) is 2.22. The van der Waals surface area contributed by atoms with Crippen molar-refractivity contribution in [2.45, 2.75) is 19.4 Å². The lowest BCUT2D eigenvalue weighted by molar-refractivity contribution is 0.495. The van der Waals surface area contributed by atoms with Crippen molar-refractivity contribution in [2.75, 3.05) is 6.67 Å². The highest BCUT2D eigenvalue weighted by Gasteiger charge is 1.98. The monoisotopic (exact) mass is 167 g/mol. The Balaban J connectivity index is 2.71. The molecule has 0 aliphatic heterocycles. The molecule has 0 heterocycles. The van der Waals surface area contributed by atoms with Crippen LogP contribution in [0.3, 0.4) is 0 Å². The van der Waals surface area contributed by atoms with Crippen LogP contribution in [-0.2, 0) is 6.42 Å². The molecule has 1 rings (SSSR count). The van der Waals surface area contributed by atoms with Gasteiger partial charge in [-0.3, -0.25) is 4.39 Å². The zero-order valence-electron chi connectivity index (χ0n) is 7.26. The number of hydrogen-bond donors (Lipinski definition) is 1. The zero-order valence-corrected chi connectivity index (χ0v) is 7.26. The van der Waals surface area contributed by atoms with Crippen molar-refractivity contribution in [3.63, 3.8) is 0 Å². The number of hydrogen-bond acceptors (Lipinski definition) is 1. The first kappa shape index (κ1) is 9.20. The third-order valence-electron chi connectivity index (χ3n) is 1.89. The third kappa shape index (κ3) is 2.31. The number of benzene rings is 1. The second-order valence-corrected chi connectivity index (χ2v) is 2.97. The largest absolute Gasteiger partial charge is 0.324 e. The SMILES string of the molecule is CC(N)c1ccc(CCF)cc1. The van der Waals surface area contributed by atoms with Gasteiger partial charge in [0.1, 0.15) is 0 Å². The molecule has 1 atom stereocenters. The van der Waals surface area contributed by atoms with E-state index >= 15 is 0 Å². The van der Waals surface area contributed by atoms with Gasteiger partial charge in [-0.25, -0.2) is 0 Å². The van der Waals surface area contributed by atoms with E-state index in [4.69, 9.17) is 5.73 Å². The van der Waals surface area contributed by atoms with Gasteiger partial charge in [-0.15, -0.1) is 0 Å². The van der Waals surface area contributed by atoms with E-state index in [1.54, 1.807) is 0 Å². The first-order valence-electron chi connectivity index (χ1n) is 4.14. The number of halogens is 1. The fourth-order valence-corrected chi connectivity index (χ4v) is 1.10. The van der Waals surface area contributed by atoms with E-state index in [0.29, 0.717) is 6.42 Å². The van der Waals surface area contributed by atoms with E-state index in [1.165, 1.54) is 0 Å². The van der Waals surface area contributed by atoms with Crippen LogP contribution in [0.1, 0.15) is 24.1 Å². The van der Waals surface area contributed by atoms with Gasteiger partial charge >= 0.3 is 0 Å². The lowest BCUT2D eigenvalue weighted by Gasteiger charge is -2.05. The van der Waals surface area contributed by atoms with Gasteiger partial charge in [-0.2, -0.15) is 0 Å². The van der Waals surface area contributed by atoms with Crippen molar-refractivity contribution in [2.24, 2.45) is 5.73 Å². The fraction of sp³-hybridized carbons (Fsp3) is 0.400. The quantitative estimate of drug-likeness (QED) is 0.734. The van der Waals surface area contributed by atoms with Gasteiger partial charge < -0.3 is 5.73 Å². The van der Waals surface area contributed by atoms with Gasteiger partial charge in [-0.1, -0.05) is 24.3 Å². The summed E-state index contributed by atoms with van der Waals surface area (Å²) >= 11 is 0. The van der Waals surface area contributed by atoms with Crippen molar-refractivity contribution >= 4 is 0 Å². The minimum atomic E-state index is -0.294. The maximum Gasteiger partial charge on any atom is 0.0934 e. The number of aryl methyl sites for hydroxylation is 1. The molecule has 0 bridgehead atoms. The van der Waals surface area contributed by atoms with Crippen LogP contribution in [0.2, 0.25) is 0 Å². The summed E-state index contributed by atoms with van der Waals surface area (Å²) in [7, 11) is 0. The summed E-state index contributed by atoms with van der Waals surface area (Å²) in [5.41, 5.74) is 7.79. The maximum atomic E-state index is 11.9. The van der Waals surface area contributed by atoms with Crippen LogP contribution in [0.4, 0.5) is 4.39 Å². The van der Waals surface area contributed by atoms with E-state index < -0.39 is 0 Å². The molecular formula is C10H14FN. The lowest BCUT2D eigenvalue weighted by Crippen LogP contribution is -2.04. The molecular weight excluding hydrogens is 153 g/mol. The molecule has 2 heteroatoms. The standard InChI is InChI=1S/C10H14FN/c1-8(12)10-4-2-9(3-5-10)6-7-11/h2-5,8H,6-7,12H2,1H3. The lowest BCUT2D eigenvalue weighted by atomic mass is 10.1. The van der Waals surface area contributed by atoms with Gasteiger partial charge in [0.05, 0.1) is 6.67 Å². The van der Waals surface area contributed by atoms with E-state index in [1.807, 2.05) is 31.2 Å². The molecule has 0 spiro atoms. The minimum Gasteiger partial charge on any atom is -0.324 e. The summed E-state index contributed by atoms with van der Waals surface area (Å²) in [6, 6.07) is 7.83. The molecule has 66 valence electrons. The smallest absolute Gasteiger partial charge is 0.0934 e. The van der Waals surface area contributed by atoms with E-state index in [9.17, 15) is 4.39 Å². The van der Waals surface area contributed by atoms with Crippen molar-refractivity contribution < 1.29 is 4.39 Å². The summed E-state index contributed by atoms with van der Waals surface area (Å²) < 4.78 is 11.9. The fourth-order valence-electron chi connectivity index (χ4n) is 1.10. The van der Waals surface area contributed by atoms with Crippen LogP contribution >= 0.6 is 0 Å². The molecule has 1 nitrogen and oxygen atoms in total. The first-order chi connectivity index (χ1) is 5.74.